The molecule has 0 radical (unpaired) electrons. The zero-order chi connectivity index (χ0) is 21.9. The number of hydrogen-bond donors (Lipinski definition) is 1. The smallest absolute Gasteiger partial charge is 0.255 e. The Balaban J connectivity index is 1.26. The van der Waals surface area contributed by atoms with Crippen molar-refractivity contribution in [1.82, 2.24) is 0 Å². The van der Waals surface area contributed by atoms with Crippen LogP contribution >= 0.6 is 0 Å². The number of amides is 1. The quantitative estimate of drug-likeness (QED) is 0.400. The van der Waals surface area contributed by atoms with Crippen molar-refractivity contribution < 1.29 is 19.0 Å². The predicted octanol–water partition coefficient (Wildman–Crippen LogP) is 6.00. The first-order valence-electron chi connectivity index (χ1n) is 10.2. The molecule has 4 aromatic rings. The molecule has 158 valence electrons. The van der Waals surface area contributed by atoms with E-state index in [0.717, 1.165) is 44.8 Å². The highest BCUT2D eigenvalue weighted by molar-refractivity contribution is 6.06. The molecule has 5 nitrogen and oxygen atoms in total. The summed E-state index contributed by atoms with van der Waals surface area (Å²) in [5, 5.41) is 4.97. The van der Waals surface area contributed by atoms with Gasteiger partial charge in [0.2, 0.25) is 6.79 Å². The van der Waals surface area contributed by atoms with Crippen molar-refractivity contribution in [3.63, 3.8) is 0 Å². The summed E-state index contributed by atoms with van der Waals surface area (Å²) >= 11 is 0. The van der Waals surface area contributed by atoms with Gasteiger partial charge in [-0.05, 0) is 70.4 Å². The number of carbonyl (C=O) groups excluding carboxylic acids is 1. The zero-order valence-electron chi connectivity index (χ0n) is 17.5. The van der Waals surface area contributed by atoms with Gasteiger partial charge >= 0.3 is 0 Å². The minimum absolute atomic E-state index is 0.147. The Kier molecular flexibility index (Phi) is 5.22. The lowest BCUT2D eigenvalue weighted by molar-refractivity contribution is 0.102. The summed E-state index contributed by atoms with van der Waals surface area (Å²) in [5.41, 5.74) is 3.40. The van der Waals surface area contributed by atoms with E-state index in [9.17, 15) is 4.79 Å². The summed E-state index contributed by atoms with van der Waals surface area (Å²) in [6.45, 7) is 0.267. The highest BCUT2D eigenvalue weighted by Crippen LogP contribution is 2.33. The molecule has 0 saturated carbocycles. The summed E-state index contributed by atoms with van der Waals surface area (Å²) in [4.78, 5) is 12.7. The number of hydrogen-bond acceptors (Lipinski definition) is 4. The number of fused-ring (bicyclic) bond motifs is 2. The Bertz CT molecular complexity index is 1330. The predicted molar refractivity (Wildman–Crippen MR) is 126 cm³/mol. The van der Waals surface area contributed by atoms with Crippen LogP contribution in [0.1, 0.15) is 21.5 Å². The molecule has 32 heavy (non-hydrogen) atoms. The largest absolute Gasteiger partial charge is 0.497 e. The fourth-order valence-corrected chi connectivity index (χ4v) is 3.58. The molecule has 1 heterocycles. The topological polar surface area (TPSA) is 56.8 Å². The Morgan fingerprint density at radius 1 is 0.812 bits per heavy atom. The highest BCUT2D eigenvalue weighted by atomic mass is 16.7. The second-order valence-corrected chi connectivity index (χ2v) is 7.45. The Morgan fingerprint density at radius 3 is 2.38 bits per heavy atom. The number of methoxy groups -OCH3 is 1. The second-order valence-electron chi connectivity index (χ2n) is 7.45. The molecule has 1 N–H and O–H groups in total. The Labute approximate surface area is 185 Å². The molecule has 0 aliphatic carbocycles. The van der Waals surface area contributed by atoms with Crippen molar-refractivity contribution in [2.24, 2.45) is 0 Å². The van der Waals surface area contributed by atoms with Gasteiger partial charge in [-0.3, -0.25) is 4.79 Å². The Hall–Kier alpha value is -4.25. The van der Waals surface area contributed by atoms with E-state index in [0.29, 0.717) is 5.56 Å². The van der Waals surface area contributed by atoms with Crippen molar-refractivity contribution in [1.29, 1.82) is 0 Å². The van der Waals surface area contributed by atoms with Crippen molar-refractivity contribution in [3.8, 4) is 17.2 Å². The normalized spacial score (nSPS) is 12.3. The molecule has 1 amide bonds. The van der Waals surface area contributed by atoms with E-state index in [4.69, 9.17) is 14.2 Å². The van der Waals surface area contributed by atoms with Gasteiger partial charge in [-0.1, -0.05) is 42.5 Å². The maximum absolute atomic E-state index is 12.7. The molecule has 0 atom stereocenters. The van der Waals surface area contributed by atoms with Gasteiger partial charge in [0.25, 0.3) is 5.91 Å². The zero-order valence-corrected chi connectivity index (χ0v) is 17.5. The number of carbonyl (C=O) groups is 1. The summed E-state index contributed by atoms with van der Waals surface area (Å²) in [5.74, 6) is 2.18. The first kappa shape index (κ1) is 19.7. The van der Waals surface area contributed by atoms with E-state index in [-0.39, 0.29) is 12.7 Å². The molecule has 0 fully saturated rings. The molecular weight excluding hydrogens is 402 g/mol. The average Bonchev–Trinajstić information content (AvgIpc) is 3.31. The van der Waals surface area contributed by atoms with E-state index in [1.54, 1.807) is 7.11 Å². The van der Waals surface area contributed by atoms with Crippen LogP contribution < -0.4 is 19.5 Å². The molecule has 0 unspecified atom stereocenters. The van der Waals surface area contributed by atoms with Crippen LogP contribution in [0.2, 0.25) is 0 Å². The molecule has 0 saturated heterocycles. The molecule has 5 heteroatoms. The van der Waals surface area contributed by atoms with Gasteiger partial charge in [-0.2, -0.15) is 0 Å². The fourth-order valence-electron chi connectivity index (χ4n) is 3.58. The first-order valence-corrected chi connectivity index (χ1v) is 10.2. The lowest BCUT2D eigenvalue weighted by atomic mass is 10.1. The van der Waals surface area contributed by atoms with Crippen LogP contribution in [0.4, 0.5) is 5.69 Å². The van der Waals surface area contributed by atoms with E-state index in [2.05, 4.69) is 5.32 Å². The molecular formula is C27H21NO4. The van der Waals surface area contributed by atoms with Crippen LogP contribution in [0, 0.1) is 0 Å². The third kappa shape index (κ3) is 4.14. The van der Waals surface area contributed by atoms with E-state index in [1.807, 2.05) is 91.0 Å². The standard InChI is InChI=1S/C27H21NO4/c1-30-24-12-9-20-15-22(8-7-21(20)16-24)27(29)28-23-10-4-18(5-11-23)2-3-19-6-13-25-26(14-19)32-17-31-25/h2-16H,17H2,1H3,(H,28,29)/b3-2+. The summed E-state index contributed by atoms with van der Waals surface area (Å²) in [6.07, 6.45) is 4.03. The van der Waals surface area contributed by atoms with Crippen molar-refractivity contribution in [3.05, 3.63) is 95.6 Å². The van der Waals surface area contributed by atoms with E-state index in [1.165, 1.54) is 0 Å². The number of anilines is 1. The summed E-state index contributed by atoms with van der Waals surface area (Å²) < 4.78 is 16.0. The number of benzene rings is 4. The molecule has 0 spiro atoms. The van der Waals surface area contributed by atoms with Crippen LogP contribution in [-0.2, 0) is 0 Å². The number of ether oxygens (including phenoxy) is 3. The molecule has 0 bridgehead atoms. The first-order chi connectivity index (χ1) is 15.7. The third-order valence-electron chi connectivity index (χ3n) is 5.34. The lowest BCUT2D eigenvalue weighted by Gasteiger charge is -2.08. The molecule has 0 aromatic heterocycles. The molecule has 5 rings (SSSR count). The Morgan fingerprint density at radius 2 is 1.53 bits per heavy atom. The van der Waals surface area contributed by atoms with Crippen LogP contribution in [0.5, 0.6) is 17.2 Å². The van der Waals surface area contributed by atoms with E-state index < -0.39 is 0 Å². The summed E-state index contributed by atoms with van der Waals surface area (Å²) in [7, 11) is 1.64. The minimum atomic E-state index is -0.147. The average molecular weight is 423 g/mol. The third-order valence-corrected chi connectivity index (χ3v) is 5.34. The highest BCUT2D eigenvalue weighted by Gasteiger charge is 2.12. The van der Waals surface area contributed by atoms with Crippen LogP contribution in [0.15, 0.2) is 78.9 Å². The van der Waals surface area contributed by atoms with Gasteiger partial charge in [-0.15, -0.1) is 0 Å². The molecule has 1 aliphatic heterocycles. The van der Waals surface area contributed by atoms with Gasteiger partial charge in [0.1, 0.15) is 5.75 Å². The van der Waals surface area contributed by atoms with Gasteiger partial charge in [0.15, 0.2) is 11.5 Å². The van der Waals surface area contributed by atoms with Crippen LogP contribution in [-0.4, -0.2) is 19.8 Å². The fraction of sp³-hybridized carbons (Fsp3) is 0.0741. The summed E-state index contributed by atoms with van der Waals surface area (Å²) in [6, 6.07) is 25.0. The SMILES string of the molecule is COc1ccc2cc(C(=O)Nc3ccc(/C=C/c4ccc5c(c4)OCO5)cc3)ccc2c1. The number of nitrogens with one attached hydrogen (secondary N) is 1. The molecule has 1 aliphatic rings. The van der Waals surface area contributed by atoms with Crippen molar-refractivity contribution in [2.75, 3.05) is 19.2 Å². The molecule has 4 aromatic carbocycles. The van der Waals surface area contributed by atoms with Crippen molar-refractivity contribution in [2.45, 2.75) is 0 Å². The monoisotopic (exact) mass is 423 g/mol. The minimum Gasteiger partial charge on any atom is -0.497 e. The van der Waals surface area contributed by atoms with Crippen LogP contribution in [0.25, 0.3) is 22.9 Å². The maximum Gasteiger partial charge on any atom is 0.255 e. The van der Waals surface area contributed by atoms with Gasteiger partial charge in [-0.25, -0.2) is 0 Å². The number of rotatable bonds is 5. The van der Waals surface area contributed by atoms with Crippen molar-refractivity contribution >= 4 is 34.5 Å². The van der Waals surface area contributed by atoms with Gasteiger partial charge in [0, 0.05) is 11.3 Å². The van der Waals surface area contributed by atoms with Gasteiger partial charge in [0.05, 0.1) is 7.11 Å². The van der Waals surface area contributed by atoms with E-state index >= 15 is 0 Å². The van der Waals surface area contributed by atoms with Crippen LogP contribution in [0.3, 0.4) is 0 Å². The maximum atomic E-state index is 12.7. The lowest BCUT2D eigenvalue weighted by Crippen LogP contribution is -2.11. The second kappa shape index (κ2) is 8.47. The van der Waals surface area contributed by atoms with Gasteiger partial charge < -0.3 is 19.5 Å².